The summed E-state index contributed by atoms with van der Waals surface area (Å²) >= 11 is 13.0. The van der Waals surface area contributed by atoms with Gasteiger partial charge in [-0.1, -0.05) is 35.0 Å². The quantitative estimate of drug-likeness (QED) is 0.828. The first-order valence-electron chi connectivity index (χ1n) is 7.09. The van der Waals surface area contributed by atoms with Crippen LogP contribution in [0.15, 0.2) is 41.7 Å². The van der Waals surface area contributed by atoms with Crippen LogP contribution < -0.4 is 10.6 Å². The Morgan fingerprint density at radius 2 is 2.08 bits per heavy atom. The number of thioether (sulfide) groups is 1. The molecular weight excluding hydrogens is 385 g/mol. The molecule has 10 heteroatoms. The summed E-state index contributed by atoms with van der Waals surface area (Å²) in [5.74, 6) is -0.415. The van der Waals surface area contributed by atoms with Crippen LogP contribution in [0.1, 0.15) is 6.42 Å². The standard InChI is InChI=1S/C15H11Cl2N5O2S/c16-8-2-3-9(17)10(6-8)20-12(23)7-11-13(24)21-15(25-11)22-14-18-4-1-5-19-14/h1-6,11H,7H2,(H,20,23)(H,18,19,21,22,24). The van der Waals surface area contributed by atoms with Crippen molar-refractivity contribution in [1.29, 1.82) is 0 Å². The van der Waals surface area contributed by atoms with Crippen molar-refractivity contribution < 1.29 is 9.59 Å². The van der Waals surface area contributed by atoms with Crippen molar-refractivity contribution in [3.05, 3.63) is 46.7 Å². The van der Waals surface area contributed by atoms with Gasteiger partial charge in [-0.25, -0.2) is 9.97 Å². The van der Waals surface area contributed by atoms with Crippen LogP contribution in [-0.2, 0) is 9.59 Å². The Morgan fingerprint density at radius 3 is 2.84 bits per heavy atom. The van der Waals surface area contributed by atoms with Gasteiger partial charge in [-0.2, -0.15) is 4.99 Å². The van der Waals surface area contributed by atoms with Crippen LogP contribution in [0.25, 0.3) is 0 Å². The molecule has 0 aliphatic carbocycles. The number of halogens is 2. The Labute approximate surface area is 157 Å². The van der Waals surface area contributed by atoms with Gasteiger partial charge in [-0.3, -0.25) is 9.59 Å². The van der Waals surface area contributed by atoms with Crippen molar-refractivity contribution in [3.8, 4) is 0 Å². The number of carbonyl (C=O) groups is 2. The lowest BCUT2D eigenvalue weighted by Crippen LogP contribution is -2.28. The number of amides is 2. The minimum Gasteiger partial charge on any atom is -0.325 e. The van der Waals surface area contributed by atoms with Crippen molar-refractivity contribution in [1.82, 2.24) is 15.3 Å². The number of nitrogens with zero attached hydrogens (tertiary/aromatic N) is 3. The van der Waals surface area contributed by atoms with Gasteiger partial charge in [0, 0.05) is 23.8 Å². The highest BCUT2D eigenvalue weighted by Gasteiger charge is 2.32. The number of aromatic nitrogens is 2. The van der Waals surface area contributed by atoms with E-state index in [0.29, 0.717) is 20.9 Å². The molecule has 0 bridgehead atoms. The number of aliphatic imine (C=N–C) groups is 1. The average molecular weight is 396 g/mol. The number of carbonyl (C=O) groups excluding carboxylic acids is 2. The molecule has 1 unspecified atom stereocenters. The first-order chi connectivity index (χ1) is 12.0. The molecule has 0 radical (unpaired) electrons. The van der Waals surface area contributed by atoms with Crippen LogP contribution in [0.3, 0.4) is 0 Å². The predicted molar refractivity (Wildman–Crippen MR) is 98.4 cm³/mol. The van der Waals surface area contributed by atoms with E-state index in [9.17, 15) is 9.59 Å². The van der Waals surface area contributed by atoms with Crippen molar-refractivity contribution in [2.45, 2.75) is 11.7 Å². The third-order valence-electron chi connectivity index (χ3n) is 3.10. The zero-order chi connectivity index (χ0) is 17.8. The normalized spacial score (nSPS) is 18.2. The van der Waals surface area contributed by atoms with Crippen LogP contribution in [-0.4, -0.2) is 32.2 Å². The first-order valence-corrected chi connectivity index (χ1v) is 8.73. The molecule has 2 aromatic rings. The Kier molecular flexibility index (Phi) is 5.52. The minimum atomic E-state index is -0.597. The van der Waals surface area contributed by atoms with Crippen molar-refractivity contribution in [3.63, 3.8) is 0 Å². The third kappa shape index (κ3) is 4.68. The predicted octanol–water partition coefficient (Wildman–Crippen LogP) is 3.03. The van der Waals surface area contributed by atoms with Gasteiger partial charge >= 0.3 is 0 Å². The number of anilines is 1. The zero-order valence-corrected chi connectivity index (χ0v) is 14.9. The molecule has 1 aromatic heterocycles. The SMILES string of the molecule is O=C(CC1S/C(=N\c2ncccn2)NC1=O)Nc1cc(Cl)ccc1Cl. The number of rotatable bonds is 4. The Morgan fingerprint density at radius 1 is 1.32 bits per heavy atom. The van der Waals surface area contributed by atoms with E-state index in [-0.39, 0.29) is 24.2 Å². The maximum atomic E-state index is 12.2. The molecule has 7 nitrogen and oxygen atoms in total. The summed E-state index contributed by atoms with van der Waals surface area (Å²) in [6.07, 6.45) is 3.06. The summed E-state index contributed by atoms with van der Waals surface area (Å²) in [6, 6.07) is 6.41. The number of hydrogen-bond donors (Lipinski definition) is 2. The molecule has 128 valence electrons. The maximum absolute atomic E-state index is 12.2. The third-order valence-corrected chi connectivity index (χ3v) is 4.75. The van der Waals surface area contributed by atoms with Crippen molar-refractivity contribution >= 4 is 63.6 Å². The zero-order valence-electron chi connectivity index (χ0n) is 12.6. The second kappa shape index (κ2) is 7.81. The van der Waals surface area contributed by atoms with Crippen molar-refractivity contribution in [2.24, 2.45) is 4.99 Å². The van der Waals surface area contributed by atoms with E-state index in [2.05, 4.69) is 25.6 Å². The monoisotopic (exact) mass is 395 g/mol. The Bertz CT molecular complexity index is 847. The lowest BCUT2D eigenvalue weighted by Gasteiger charge is -2.09. The molecule has 2 heterocycles. The summed E-state index contributed by atoms with van der Waals surface area (Å²) in [5.41, 5.74) is 0.397. The minimum absolute atomic E-state index is 0.0337. The van der Waals surface area contributed by atoms with E-state index in [1.165, 1.54) is 0 Å². The molecular formula is C15H11Cl2N5O2S. The maximum Gasteiger partial charge on any atom is 0.251 e. The smallest absolute Gasteiger partial charge is 0.251 e. The highest BCUT2D eigenvalue weighted by atomic mass is 35.5. The number of hydrogen-bond acceptors (Lipinski definition) is 6. The molecule has 3 rings (SSSR count). The molecule has 1 aliphatic heterocycles. The second-order valence-corrected chi connectivity index (χ2v) is 6.97. The number of amidine groups is 1. The molecule has 1 atom stereocenters. The lowest BCUT2D eigenvalue weighted by atomic mass is 10.2. The topological polar surface area (TPSA) is 96.3 Å². The molecule has 2 N–H and O–H groups in total. The fraction of sp³-hybridized carbons (Fsp3) is 0.133. The van der Waals surface area contributed by atoms with Gasteiger partial charge in [0.1, 0.15) is 5.25 Å². The van der Waals surface area contributed by atoms with Crippen LogP contribution in [0.2, 0.25) is 10.0 Å². The molecule has 25 heavy (non-hydrogen) atoms. The highest BCUT2D eigenvalue weighted by Crippen LogP contribution is 2.27. The average Bonchev–Trinajstić information content (AvgIpc) is 2.91. The Balaban J connectivity index is 1.63. The molecule has 1 saturated heterocycles. The van der Waals surface area contributed by atoms with E-state index >= 15 is 0 Å². The van der Waals surface area contributed by atoms with E-state index in [1.807, 2.05) is 0 Å². The van der Waals surface area contributed by atoms with Crippen LogP contribution in [0, 0.1) is 0 Å². The van der Waals surface area contributed by atoms with E-state index < -0.39 is 5.25 Å². The molecule has 0 spiro atoms. The molecule has 1 aliphatic rings. The van der Waals surface area contributed by atoms with Crippen LogP contribution in [0.5, 0.6) is 0 Å². The van der Waals surface area contributed by atoms with Gasteiger partial charge in [0.2, 0.25) is 11.8 Å². The van der Waals surface area contributed by atoms with Gasteiger partial charge in [0.15, 0.2) is 5.17 Å². The fourth-order valence-corrected chi connectivity index (χ4v) is 3.30. The molecule has 2 amide bonds. The largest absolute Gasteiger partial charge is 0.325 e. The summed E-state index contributed by atoms with van der Waals surface area (Å²) < 4.78 is 0. The summed E-state index contributed by atoms with van der Waals surface area (Å²) in [6.45, 7) is 0. The van der Waals surface area contributed by atoms with E-state index in [1.54, 1.807) is 36.7 Å². The number of nitrogens with one attached hydrogen (secondary N) is 2. The Hall–Kier alpha value is -2.16. The van der Waals surface area contributed by atoms with Gasteiger partial charge < -0.3 is 10.6 Å². The van der Waals surface area contributed by atoms with Gasteiger partial charge in [0.05, 0.1) is 10.7 Å². The second-order valence-electron chi connectivity index (χ2n) is 4.94. The first kappa shape index (κ1) is 17.7. The number of benzene rings is 1. The van der Waals surface area contributed by atoms with Crippen LogP contribution in [0.4, 0.5) is 11.6 Å². The van der Waals surface area contributed by atoms with Crippen molar-refractivity contribution in [2.75, 3.05) is 5.32 Å². The molecule has 1 aromatic carbocycles. The fourth-order valence-electron chi connectivity index (χ4n) is 1.99. The summed E-state index contributed by atoms with van der Waals surface area (Å²) in [4.78, 5) is 36.2. The molecule has 0 saturated carbocycles. The van der Waals surface area contributed by atoms with E-state index in [4.69, 9.17) is 23.2 Å². The van der Waals surface area contributed by atoms with Crippen LogP contribution >= 0.6 is 35.0 Å². The summed E-state index contributed by atoms with van der Waals surface area (Å²) in [5, 5.41) is 5.83. The van der Waals surface area contributed by atoms with Gasteiger partial charge in [0.25, 0.3) is 5.95 Å². The highest BCUT2D eigenvalue weighted by molar-refractivity contribution is 8.15. The lowest BCUT2D eigenvalue weighted by molar-refractivity contribution is -0.122. The van der Waals surface area contributed by atoms with Gasteiger partial charge in [-0.15, -0.1) is 0 Å². The van der Waals surface area contributed by atoms with E-state index in [0.717, 1.165) is 11.8 Å². The summed E-state index contributed by atoms with van der Waals surface area (Å²) in [7, 11) is 0. The molecule has 1 fully saturated rings. The van der Waals surface area contributed by atoms with Gasteiger partial charge in [-0.05, 0) is 24.3 Å².